The topological polar surface area (TPSA) is 74.2 Å². The van der Waals surface area contributed by atoms with Crippen molar-refractivity contribution in [3.8, 4) is 11.5 Å². The summed E-state index contributed by atoms with van der Waals surface area (Å²) in [7, 11) is 1.62. The largest absolute Gasteiger partial charge is 0.497 e. The lowest BCUT2D eigenvalue weighted by molar-refractivity contribution is 0.0271. The molecular formula is C28H29NO5. The SMILES string of the molecule is CCCC(CC)OC(=O)c1ccc(OC(=O)c2ccc(N=Cc3ccc(OC)cc3)cc2)cc1. The van der Waals surface area contributed by atoms with Gasteiger partial charge in [-0.3, -0.25) is 4.99 Å². The summed E-state index contributed by atoms with van der Waals surface area (Å²) in [6, 6.07) is 20.7. The Kier molecular flexibility index (Phi) is 8.97. The number of benzene rings is 3. The van der Waals surface area contributed by atoms with E-state index in [9.17, 15) is 9.59 Å². The molecule has 6 heteroatoms. The number of rotatable bonds is 10. The summed E-state index contributed by atoms with van der Waals surface area (Å²) in [6.07, 6.45) is 4.23. The minimum atomic E-state index is -0.491. The quantitative estimate of drug-likeness (QED) is 0.199. The van der Waals surface area contributed by atoms with Crippen LogP contribution in [0.4, 0.5) is 5.69 Å². The van der Waals surface area contributed by atoms with E-state index >= 15 is 0 Å². The van der Waals surface area contributed by atoms with Gasteiger partial charge in [0.25, 0.3) is 0 Å². The summed E-state index contributed by atoms with van der Waals surface area (Å²) >= 11 is 0. The smallest absolute Gasteiger partial charge is 0.343 e. The van der Waals surface area contributed by atoms with Gasteiger partial charge in [0.15, 0.2) is 0 Å². The molecule has 1 atom stereocenters. The average Bonchev–Trinajstić information content (AvgIpc) is 2.88. The van der Waals surface area contributed by atoms with Crippen LogP contribution in [-0.2, 0) is 4.74 Å². The molecule has 1 unspecified atom stereocenters. The van der Waals surface area contributed by atoms with Gasteiger partial charge in [-0.15, -0.1) is 0 Å². The Labute approximate surface area is 200 Å². The monoisotopic (exact) mass is 459 g/mol. The fraction of sp³-hybridized carbons (Fsp3) is 0.250. The first-order valence-electron chi connectivity index (χ1n) is 11.3. The van der Waals surface area contributed by atoms with E-state index in [1.54, 1.807) is 61.9 Å². The molecule has 0 radical (unpaired) electrons. The molecule has 0 bridgehead atoms. The summed E-state index contributed by atoms with van der Waals surface area (Å²) in [6.45, 7) is 4.05. The molecule has 176 valence electrons. The number of aliphatic imine (C=N–C) groups is 1. The van der Waals surface area contributed by atoms with Crippen LogP contribution in [0, 0.1) is 0 Å². The van der Waals surface area contributed by atoms with Crippen LogP contribution >= 0.6 is 0 Å². The molecule has 3 rings (SSSR count). The summed E-state index contributed by atoms with van der Waals surface area (Å²) in [5.41, 5.74) is 2.47. The summed E-state index contributed by atoms with van der Waals surface area (Å²) in [5.74, 6) is 0.273. The predicted octanol–water partition coefficient (Wildman–Crippen LogP) is 6.40. The molecule has 0 aromatic heterocycles. The highest BCUT2D eigenvalue weighted by Crippen LogP contribution is 2.19. The van der Waals surface area contributed by atoms with Crippen LogP contribution in [0.15, 0.2) is 77.8 Å². The van der Waals surface area contributed by atoms with Crippen molar-refractivity contribution >= 4 is 23.8 Å². The van der Waals surface area contributed by atoms with E-state index in [4.69, 9.17) is 14.2 Å². The van der Waals surface area contributed by atoms with E-state index in [0.717, 1.165) is 30.6 Å². The normalized spacial score (nSPS) is 11.7. The number of carbonyl (C=O) groups excluding carboxylic acids is 2. The zero-order valence-electron chi connectivity index (χ0n) is 19.7. The van der Waals surface area contributed by atoms with Crippen LogP contribution in [0.2, 0.25) is 0 Å². The predicted molar refractivity (Wildman–Crippen MR) is 132 cm³/mol. The number of carbonyl (C=O) groups is 2. The zero-order chi connectivity index (χ0) is 24.3. The molecule has 0 aliphatic rings. The standard InChI is InChI=1S/C28H29NO5/c1-4-6-24(5-2)33-27(30)22-11-17-26(18-12-22)34-28(31)21-9-13-23(14-10-21)29-19-20-7-15-25(32-3)16-8-20/h7-19,24H,4-6H2,1-3H3. The van der Waals surface area contributed by atoms with Crippen molar-refractivity contribution in [3.63, 3.8) is 0 Å². The molecule has 0 amide bonds. The van der Waals surface area contributed by atoms with Crippen molar-refractivity contribution in [1.82, 2.24) is 0 Å². The highest BCUT2D eigenvalue weighted by atomic mass is 16.5. The molecule has 0 saturated heterocycles. The van der Waals surface area contributed by atoms with Gasteiger partial charge >= 0.3 is 11.9 Å². The molecular weight excluding hydrogens is 430 g/mol. The molecule has 0 heterocycles. The lowest BCUT2D eigenvalue weighted by Crippen LogP contribution is -2.17. The van der Waals surface area contributed by atoms with E-state index in [-0.39, 0.29) is 12.1 Å². The minimum Gasteiger partial charge on any atom is -0.497 e. The molecule has 0 N–H and O–H groups in total. The molecule has 34 heavy (non-hydrogen) atoms. The van der Waals surface area contributed by atoms with Crippen molar-refractivity contribution in [1.29, 1.82) is 0 Å². The van der Waals surface area contributed by atoms with E-state index < -0.39 is 5.97 Å². The van der Waals surface area contributed by atoms with Crippen molar-refractivity contribution in [3.05, 3.63) is 89.5 Å². The number of methoxy groups -OCH3 is 1. The number of hydrogen-bond donors (Lipinski definition) is 0. The van der Waals surface area contributed by atoms with Gasteiger partial charge in [-0.25, -0.2) is 9.59 Å². The Morgan fingerprint density at radius 1 is 0.824 bits per heavy atom. The third kappa shape index (κ3) is 7.04. The van der Waals surface area contributed by atoms with Gasteiger partial charge in [0.1, 0.15) is 17.6 Å². The lowest BCUT2D eigenvalue weighted by atomic mass is 10.1. The fourth-order valence-electron chi connectivity index (χ4n) is 3.24. The van der Waals surface area contributed by atoms with Gasteiger partial charge in [-0.05, 0) is 91.2 Å². The van der Waals surface area contributed by atoms with Crippen molar-refractivity contribution in [2.75, 3.05) is 7.11 Å². The van der Waals surface area contributed by atoms with Gasteiger partial charge in [-0.2, -0.15) is 0 Å². The second kappa shape index (κ2) is 12.3. The third-order valence-electron chi connectivity index (χ3n) is 5.22. The molecule has 3 aromatic rings. The highest BCUT2D eigenvalue weighted by molar-refractivity contribution is 5.92. The minimum absolute atomic E-state index is 0.0847. The third-order valence-corrected chi connectivity index (χ3v) is 5.22. The van der Waals surface area contributed by atoms with Gasteiger partial charge < -0.3 is 14.2 Å². The van der Waals surface area contributed by atoms with E-state index in [1.165, 1.54) is 0 Å². The van der Waals surface area contributed by atoms with Crippen molar-refractivity contribution in [2.24, 2.45) is 4.99 Å². The zero-order valence-corrected chi connectivity index (χ0v) is 19.7. The first kappa shape index (κ1) is 24.7. The summed E-state index contributed by atoms with van der Waals surface area (Å²) in [5, 5.41) is 0. The Bertz CT molecular complexity index is 1100. The molecule has 3 aromatic carbocycles. The van der Waals surface area contributed by atoms with E-state index in [0.29, 0.717) is 22.6 Å². The number of nitrogens with zero attached hydrogens (tertiary/aromatic N) is 1. The van der Waals surface area contributed by atoms with Gasteiger partial charge in [0, 0.05) is 6.21 Å². The van der Waals surface area contributed by atoms with Gasteiger partial charge in [0.2, 0.25) is 0 Å². The Balaban J connectivity index is 1.56. The van der Waals surface area contributed by atoms with Crippen molar-refractivity contribution in [2.45, 2.75) is 39.2 Å². The van der Waals surface area contributed by atoms with Gasteiger partial charge in [-0.1, -0.05) is 20.3 Å². The van der Waals surface area contributed by atoms with Gasteiger partial charge in [0.05, 0.1) is 23.9 Å². The summed E-state index contributed by atoms with van der Waals surface area (Å²) in [4.78, 5) is 29.2. The van der Waals surface area contributed by atoms with Crippen LogP contribution in [0.1, 0.15) is 59.4 Å². The fourth-order valence-corrected chi connectivity index (χ4v) is 3.24. The second-order valence-electron chi connectivity index (χ2n) is 7.72. The molecule has 0 spiro atoms. The van der Waals surface area contributed by atoms with E-state index in [1.807, 2.05) is 31.2 Å². The first-order chi connectivity index (χ1) is 16.5. The van der Waals surface area contributed by atoms with Crippen LogP contribution < -0.4 is 9.47 Å². The highest BCUT2D eigenvalue weighted by Gasteiger charge is 2.14. The Morgan fingerprint density at radius 3 is 2.00 bits per heavy atom. The Morgan fingerprint density at radius 2 is 1.41 bits per heavy atom. The van der Waals surface area contributed by atoms with Crippen LogP contribution in [0.5, 0.6) is 11.5 Å². The molecule has 0 aliphatic carbocycles. The van der Waals surface area contributed by atoms with E-state index in [2.05, 4.69) is 11.9 Å². The maximum atomic E-state index is 12.5. The van der Waals surface area contributed by atoms with Crippen molar-refractivity contribution < 1.29 is 23.8 Å². The first-order valence-corrected chi connectivity index (χ1v) is 11.3. The molecule has 0 fully saturated rings. The molecule has 6 nitrogen and oxygen atoms in total. The summed E-state index contributed by atoms with van der Waals surface area (Å²) < 4.78 is 16.1. The van der Waals surface area contributed by atoms with Crippen LogP contribution in [-0.4, -0.2) is 31.4 Å². The Hall–Kier alpha value is -3.93. The molecule has 0 aliphatic heterocycles. The average molecular weight is 460 g/mol. The van der Waals surface area contributed by atoms with Crippen LogP contribution in [0.25, 0.3) is 0 Å². The lowest BCUT2D eigenvalue weighted by Gasteiger charge is -2.15. The number of esters is 2. The number of ether oxygens (including phenoxy) is 3. The number of hydrogen-bond acceptors (Lipinski definition) is 6. The second-order valence-corrected chi connectivity index (χ2v) is 7.72. The molecule has 0 saturated carbocycles. The maximum Gasteiger partial charge on any atom is 0.343 e. The van der Waals surface area contributed by atoms with Crippen LogP contribution in [0.3, 0.4) is 0 Å². The maximum absolute atomic E-state index is 12.5.